The Morgan fingerprint density at radius 3 is 3.00 bits per heavy atom. The van der Waals surface area contributed by atoms with Crippen LogP contribution in [0, 0.1) is 6.92 Å². The molecule has 2 rings (SSSR count). The van der Waals surface area contributed by atoms with E-state index in [-0.39, 0.29) is 29.1 Å². The molecule has 1 aromatic heterocycles. The number of ether oxygens (including phenoxy) is 1. The molecule has 1 N–H and O–H groups in total. The first kappa shape index (κ1) is 17.6. The Kier molecular flexibility index (Phi) is 6.27. The lowest BCUT2D eigenvalue weighted by molar-refractivity contribution is -0.109. The Labute approximate surface area is 140 Å². The third-order valence-corrected chi connectivity index (χ3v) is 4.78. The van der Waals surface area contributed by atoms with Gasteiger partial charge in [0.15, 0.2) is 5.12 Å². The third-order valence-electron chi connectivity index (χ3n) is 3.77. The molecule has 1 aliphatic rings. The van der Waals surface area contributed by atoms with Gasteiger partial charge in [-0.2, -0.15) is 0 Å². The van der Waals surface area contributed by atoms with Crippen molar-refractivity contribution in [3.8, 4) is 0 Å². The molecule has 0 aliphatic carbocycles. The highest BCUT2D eigenvalue weighted by atomic mass is 32.2. The normalized spacial score (nSPS) is 20.5. The fourth-order valence-corrected chi connectivity index (χ4v) is 3.85. The van der Waals surface area contributed by atoms with E-state index in [1.165, 1.54) is 11.8 Å². The number of hydrogen-bond acceptors (Lipinski definition) is 5. The van der Waals surface area contributed by atoms with E-state index >= 15 is 0 Å². The van der Waals surface area contributed by atoms with E-state index < -0.39 is 0 Å². The second-order valence-electron chi connectivity index (χ2n) is 5.67. The average molecular weight is 337 g/mol. The maximum atomic E-state index is 12.2. The van der Waals surface area contributed by atoms with Crippen molar-refractivity contribution in [2.75, 3.05) is 13.2 Å². The summed E-state index contributed by atoms with van der Waals surface area (Å²) in [6.07, 6.45) is 5.49. The van der Waals surface area contributed by atoms with E-state index in [2.05, 4.69) is 16.5 Å². The molecule has 2 atom stereocenters. The largest absolute Gasteiger partial charge is 0.445 e. The van der Waals surface area contributed by atoms with Crippen molar-refractivity contribution in [1.82, 2.24) is 14.9 Å². The van der Waals surface area contributed by atoms with Gasteiger partial charge in [-0.25, -0.2) is 9.78 Å². The number of nitrogens with one attached hydrogen (secondary N) is 1. The molecule has 1 fully saturated rings. The summed E-state index contributed by atoms with van der Waals surface area (Å²) in [7, 11) is 0. The van der Waals surface area contributed by atoms with Crippen LogP contribution in [-0.4, -0.2) is 50.5 Å². The number of hydrogen-bond donors (Lipinski definition) is 1. The van der Waals surface area contributed by atoms with E-state index in [4.69, 9.17) is 4.74 Å². The number of thioether (sulfide) groups is 1. The monoisotopic (exact) mass is 337 g/mol. The van der Waals surface area contributed by atoms with Crippen molar-refractivity contribution in [2.24, 2.45) is 0 Å². The SMILES string of the molecule is C=CCOC(=O)N1C[C@@H](SC(C)=O)C[C@H]1CCc1cnc(C)[nH]1. The van der Waals surface area contributed by atoms with E-state index in [1.807, 2.05) is 13.1 Å². The van der Waals surface area contributed by atoms with Crippen molar-refractivity contribution >= 4 is 23.0 Å². The predicted molar refractivity (Wildman–Crippen MR) is 90.4 cm³/mol. The van der Waals surface area contributed by atoms with Gasteiger partial charge in [-0.05, 0) is 26.2 Å². The molecule has 0 unspecified atom stereocenters. The fraction of sp³-hybridized carbons (Fsp3) is 0.562. The van der Waals surface area contributed by atoms with Crippen LogP contribution in [0.4, 0.5) is 4.79 Å². The van der Waals surface area contributed by atoms with E-state index in [1.54, 1.807) is 17.9 Å². The number of H-pyrrole nitrogens is 1. The van der Waals surface area contributed by atoms with Gasteiger partial charge in [-0.1, -0.05) is 24.4 Å². The molecule has 1 amide bonds. The van der Waals surface area contributed by atoms with Gasteiger partial charge < -0.3 is 14.6 Å². The first-order chi connectivity index (χ1) is 11.0. The molecule has 0 spiro atoms. The fourth-order valence-electron chi connectivity index (χ4n) is 2.83. The molecule has 0 radical (unpaired) electrons. The van der Waals surface area contributed by atoms with Crippen LogP contribution in [0.3, 0.4) is 0 Å². The van der Waals surface area contributed by atoms with E-state index in [0.29, 0.717) is 6.54 Å². The lowest BCUT2D eigenvalue weighted by Gasteiger charge is -2.23. The van der Waals surface area contributed by atoms with Gasteiger partial charge in [-0.15, -0.1) is 0 Å². The number of aromatic nitrogens is 2. The Hall–Kier alpha value is -1.76. The quantitative estimate of drug-likeness (QED) is 0.808. The molecule has 7 heteroatoms. The van der Waals surface area contributed by atoms with Crippen molar-refractivity contribution in [2.45, 2.75) is 44.4 Å². The minimum atomic E-state index is -0.331. The topological polar surface area (TPSA) is 75.3 Å². The molecule has 0 bridgehead atoms. The first-order valence-corrected chi connectivity index (χ1v) is 8.59. The Morgan fingerprint density at radius 2 is 2.39 bits per heavy atom. The van der Waals surface area contributed by atoms with Crippen LogP contribution < -0.4 is 0 Å². The molecule has 1 aromatic rings. The molecule has 23 heavy (non-hydrogen) atoms. The van der Waals surface area contributed by atoms with Gasteiger partial charge in [0.25, 0.3) is 0 Å². The highest BCUT2D eigenvalue weighted by Crippen LogP contribution is 2.30. The van der Waals surface area contributed by atoms with E-state index in [9.17, 15) is 9.59 Å². The number of likely N-dealkylation sites (tertiary alicyclic amines) is 1. The average Bonchev–Trinajstić information content (AvgIpc) is 3.08. The zero-order valence-corrected chi connectivity index (χ0v) is 14.4. The zero-order chi connectivity index (χ0) is 16.8. The summed E-state index contributed by atoms with van der Waals surface area (Å²) in [5.74, 6) is 0.888. The van der Waals surface area contributed by atoms with Crippen LogP contribution in [0.1, 0.15) is 31.3 Å². The number of carbonyl (C=O) groups excluding carboxylic acids is 2. The van der Waals surface area contributed by atoms with Gasteiger partial charge in [-0.3, -0.25) is 4.79 Å². The molecule has 126 valence electrons. The molecule has 0 aromatic carbocycles. The maximum Gasteiger partial charge on any atom is 0.410 e. The summed E-state index contributed by atoms with van der Waals surface area (Å²) in [5.41, 5.74) is 1.06. The number of nitrogens with zero attached hydrogens (tertiary/aromatic N) is 2. The minimum Gasteiger partial charge on any atom is -0.445 e. The summed E-state index contributed by atoms with van der Waals surface area (Å²) in [6.45, 7) is 7.78. The Bertz CT molecular complexity index is 573. The van der Waals surface area contributed by atoms with Gasteiger partial charge in [0.1, 0.15) is 12.4 Å². The predicted octanol–water partition coefficient (Wildman–Crippen LogP) is 2.70. The third kappa shape index (κ3) is 5.13. The van der Waals surface area contributed by atoms with Crippen LogP contribution in [-0.2, 0) is 16.0 Å². The second-order valence-corrected chi connectivity index (χ2v) is 7.15. The summed E-state index contributed by atoms with van der Waals surface area (Å²) < 4.78 is 5.17. The lowest BCUT2D eigenvalue weighted by Crippen LogP contribution is -2.36. The molecule has 2 heterocycles. The lowest BCUT2D eigenvalue weighted by atomic mass is 10.1. The van der Waals surface area contributed by atoms with Crippen molar-refractivity contribution in [3.63, 3.8) is 0 Å². The van der Waals surface area contributed by atoms with Crippen LogP contribution in [0.2, 0.25) is 0 Å². The van der Waals surface area contributed by atoms with Gasteiger partial charge in [0.2, 0.25) is 0 Å². The van der Waals surface area contributed by atoms with E-state index in [0.717, 1.165) is 30.8 Å². The van der Waals surface area contributed by atoms with Gasteiger partial charge in [0, 0.05) is 36.7 Å². The summed E-state index contributed by atoms with van der Waals surface area (Å²) in [5, 5.41) is 0.219. The first-order valence-electron chi connectivity index (χ1n) is 7.71. The molecule has 1 saturated heterocycles. The number of imidazole rings is 1. The van der Waals surface area contributed by atoms with Crippen LogP contribution in [0.15, 0.2) is 18.9 Å². The molecule has 0 saturated carbocycles. The van der Waals surface area contributed by atoms with Crippen molar-refractivity contribution in [3.05, 3.63) is 30.4 Å². The number of aryl methyl sites for hydroxylation is 2. The number of rotatable bonds is 6. The number of amides is 1. The summed E-state index contributed by atoms with van der Waals surface area (Å²) in [4.78, 5) is 32.7. The highest BCUT2D eigenvalue weighted by Gasteiger charge is 2.36. The molecular formula is C16H23N3O3S. The number of carbonyl (C=O) groups is 2. The molecule has 6 nitrogen and oxygen atoms in total. The van der Waals surface area contributed by atoms with Crippen LogP contribution >= 0.6 is 11.8 Å². The smallest absolute Gasteiger partial charge is 0.410 e. The van der Waals surface area contributed by atoms with Crippen molar-refractivity contribution < 1.29 is 14.3 Å². The number of aromatic amines is 1. The molecule has 1 aliphatic heterocycles. The Balaban J connectivity index is 1.97. The summed E-state index contributed by atoms with van der Waals surface area (Å²) >= 11 is 1.31. The molecular weight excluding hydrogens is 314 g/mol. The van der Waals surface area contributed by atoms with Gasteiger partial charge in [0.05, 0.1) is 0 Å². The van der Waals surface area contributed by atoms with Crippen molar-refractivity contribution in [1.29, 1.82) is 0 Å². The Morgan fingerprint density at radius 1 is 1.61 bits per heavy atom. The standard InChI is InChI=1S/C16H23N3O3S/c1-4-7-22-16(21)19-10-15(23-12(3)20)8-14(19)6-5-13-9-17-11(2)18-13/h4,9,14-15H,1,5-8,10H2,2-3H3,(H,17,18)/t14-,15+/m1/s1. The zero-order valence-electron chi connectivity index (χ0n) is 13.6. The highest BCUT2D eigenvalue weighted by molar-refractivity contribution is 8.14. The summed E-state index contributed by atoms with van der Waals surface area (Å²) in [6, 6.07) is 0.0766. The van der Waals surface area contributed by atoms with Crippen LogP contribution in [0.25, 0.3) is 0 Å². The maximum absolute atomic E-state index is 12.2. The van der Waals surface area contributed by atoms with Crippen LogP contribution in [0.5, 0.6) is 0 Å². The van der Waals surface area contributed by atoms with Gasteiger partial charge >= 0.3 is 6.09 Å². The minimum absolute atomic E-state index is 0.0766. The second kappa shape index (κ2) is 8.19.